The minimum atomic E-state index is -4.39. The smallest absolute Gasteiger partial charge is 0.393 e. The summed E-state index contributed by atoms with van der Waals surface area (Å²) in [7, 11) is -4.39. The third kappa shape index (κ3) is 28.2. The summed E-state index contributed by atoms with van der Waals surface area (Å²) >= 11 is 0. The van der Waals surface area contributed by atoms with E-state index in [1.54, 1.807) is 6.08 Å². The SMILES string of the molecule is CCCCC/C=C/CC/C=C/C(O)C(COP(=O)(O)OCCN)NC(=O)CC(O)CCCCCCCCCCCCCC. The second kappa shape index (κ2) is 29.6. The molecular weight excluding hydrogens is 567 g/mol. The Bertz CT molecular complexity index is 751. The topological polar surface area (TPSA) is 151 Å². The lowest BCUT2D eigenvalue weighted by atomic mass is 10.0. The highest BCUT2D eigenvalue weighted by atomic mass is 31.2. The van der Waals surface area contributed by atoms with Crippen LogP contribution in [0.1, 0.15) is 142 Å². The molecule has 6 N–H and O–H groups in total. The van der Waals surface area contributed by atoms with E-state index in [0.717, 1.165) is 32.1 Å². The Morgan fingerprint density at radius 1 is 0.791 bits per heavy atom. The van der Waals surface area contributed by atoms with E-state index >= 15 is 0 Å². The number of carbonyl (C=O) groups excluding carboxylic acids is 1. The van der Waals surface area contributed by atoms with E-state index in [-0.39, 0.29) is 19.6 Å². The van der Waals surface area contributed by atoms with Crippen molar-refractivity contribution in [1.82, 2.24) is 5.32 Å². The van der Waals surface area contributed by atoms with Gasteiger partial charge in [-0.3, -0.25) is 13.8 Å². The molecule has 4 atom stereocenters. The Labute approximate surface area is 262 Å². The molecule has 4 unspecified atom stereocenters. The van der Waals surface area contributed by atoms with Gasteiger partial charge in [0.15, 0.2) is 0 Å². The molecule has 0 saturated heterocycles. The summed E-state index contributed by atoms with van der Waals surface area (Å²) in [5.41, 5.74) is 5.32. The molecule has 254 valence electrons. The molecule has 0 aliphatic carbocycles. The number of phosphoric acid groups is 1. The molecule has 0 saturated carbocycles. The number of hydrogen-bond donors (Lipinski definition) is 5. The van der Waals surface area contributed by atoms with Crippen molar-refractivity contribution >= 4 is 13.7 Å². The van der Waals surface area contributed by atoms with Gasteiger partial charge in [-0.1, -0.05) is 128 Å². The van der Waals surface area contributed by atoms with Crippen LogP contribution in [0.15, 0.2) is 24.3 Å². The molecule has 0 aliphatic heterocycles. The maximum atomic E-state index is 12.7. The number of rotatable bonds is 31. The van der Waals surface area contributed by atoms with Crippen molar-refractivity contribution in [3.63, 3.8) is 0 Å². The average molecular weight is 633 g/mol. The monoisotopic (exact) mass is 632 g/mol. The van der Waals surface area contributed by atoms with Gasteiger partial charge in [0.2, 0.25) is 5.91 Å². The van der Waals surface area contributed by atoms with E-state index in [0.29, 0.717) is 12.8 Å². The van der Waals surface area contributed by atoms with Crippen LogP contribution in [0.4, 0.5) is 0 Å². The van der Waals surface area contributed by atoms with Gasteiger partial charge in [-0.15, -0.1) is 0 Å². The van der Waals surface area contributed by atoms with Gasteiger partial charge in [0.05, 0.1) is 37.9 Å². The predicted octanol–water partition coefficient (Wildman–Crippen LogP) is 7.24. The number of nitrogens with one attached hydrogen (secondary N) is 1. The second-order valence-corrected chi connectivity index (χ2v) is 13.0. The first-order valence-corrected chi connectivity index (χ1v) is 18.5. The number of nitrogens with two attached hydrogens (primary N) is 1. The Morgan fingerprint density at radius 3 is 1.93 bits per heavy atom. The summed E-state index contributed by atoms with van der Waals surface area (Å²) in [6.07, 6.45) is 27.1. The van der Waals surface area contributed by atoms with Crippen LogP contribution in [-0.2, 0) is 18.4 Å². The highest BCUT2D eigenvalue weighted by Crippen LogP contribution is 2.43. The molecule has 0 spiro atoms. The first-order chi connectivity index (χ1) is 20.8. The molecule has 43 heavy (non-hydrogen) atoms. The molecule has 9 nitrogen and oxygen atoms in total. The number of aliphatic hydroxyl groups is 2. The van der Waals surface area contributed by atoms with Crippen LogP contribution < -0.4 is 11.1 Å². The first kappa shape index (κ1) is 41.9. The van der Waals surface area contributed by atoms with Crippen LogP contribution in [0.25, 0.3) is 0 Å². The van der Waals surface area contributed by atoms with E-state index in [4.69, 9.17) is 14.8 Å². The third-order valence-corrected chi connectivity index (χ3v) is 8.32. The normalized spacial score (nSPS) is 15.6. The zero-order chi connectivity index (χ0) is 32.0. The number of allylic oxidation sites excluding steroid dienone is 3. The number of carbonyl (C=O) groups is 1. The molecule has 0 aromatic heterocycles. The van der Waals surface area contributed by atoms with E-state index in [1.165, 1.54) is 77.0 Å². The average Bonchev–Trinajstić information content (AvgIpc) is 2.97. The Balaban J connectivity index is 4.51. The van der Waals surface area contributed by atoms with Gasteiger partial charge in [0, 0.05) is 6.54 Å². The first-order valence-electron chi connectivity index (χ1n) is 17.0. The summed E-state index contributed by atoms with van der Waals surface area (Å²) in [4.78, 5) is 22.5. The van der Waals surface area contributed by atoms with Gasteiger partial charge in [-0.05, 0) is 32.1 Å². The van der Waals surface area contributed by atoms with Crippen molar-refractivity contribution in [2.24, 2.45) is 5.73 Å². The van der Waals surface area contributed by atoms with Gasteiger partial charge in [-0.2, -0.15) is 0 Å². The van der Waals surface area contributed by atoms with E-state index in [2.05, 4.69) is 31.3 Å². The van der Waals surface area contributed by atoms with Crippen LogP contribution in [0.3, 0.4) is 0 Å². The molecule has 0 aromatic rings. The van der Waals surface area contributed by atoms with Crippen molar-refractivity contribution in [1.29, 1.82) is 0 Å². The minimum Gasteiger partial charge on any atom is -0.393 e. The maximum Gasteiger partial charge on any atom is 0.472 e. The summed E-state index contributed by atoms with van der Waals surface area (Å²) in [5, 5.41) is 23.7. The van der Waals surface area contributed by atoms with Crippen LogP contribution in [0.5, 0.6) is 0 Å². The Morgan fingerprint density at radius 2 is 1.33 bits per heavy atom. The van der Waals surface area contributed by atoms with E-state index in [9.17, 15) is 24.5 Å². The fourth-order valence-corrected chi connectivity index (χ4v) is 5.48. The largest absolute Gasteiger partial charge is 0.472 e. The second-order valence-electron chi connectivity index (χ2n) is 11.6. The number of phosphoric ester groups is 1. The molecule has 0 radical (unpaired) electrons. The molecule has 0 aliphatic rings. The number of hydrogen-bond acceptors (Lipinski definition) is 7. The zero-order valence-corrected chi connectivity index (χ0v) is 28.2. The summed E-state index contributed by atoms with van der Waals surface area (Å²) < 4.78 is 21.8. The number of amides is 1. The van der Waals surface area contributed by atoms with Crippen LogP contribution in [0, 0.1) is 0 Å². The van der Waals surface area contributed by atoms with Crippen molar-refractivity contribution < 1.29 is 33.5 Å². The van der Waals surface area contributed by atoms with Crippen LogP contribution >= 0.6 is 7.82 Å². The molecule has 0 bridgehead atoms. The lowest BCUT2D eigenvalue weighted by Gasteiger charge is -2.24. The van der Waals surface area contributed by atoms with Gasteiger partial charge in [0.1, 0.15) is 0 Å². The Kier molecular flexibility index (Phi) is 28.9. The fourth-order valence-electron chi connectivity index (χ4n) is 4.72. The van der Waals surface area contributed by atoms with Crippen molar-refractivity contribution in [2.45, 2.75) is 161 Å². The van der Waals surface area contributed by atoms with E-state index in [1.807, 2.05) is 6.08 Å². The molecule has 0 fully saturated rings. The van der Waals surface area contributed by atoms with Gasteiger partial charge in [-0.25, -0.2) is 4.57 Å². The molecule has 0 heterocycles. The predicted molar refractivity (Wildman–Crippen MR) is 177 cm³/mol. The fraction of sp³-hybridized carbons (Fsp3) is 0.848. The van der Waals surface area contributed by atoms with Crippen LogP contribution in [-0.4, -0.2) is 59.0 Å². The zero-order valence-electron chi connectivity index (χ0n) is 27.3. The van der Waals surface area contributed by atoms with Crippen molar-refractivity contribution in [3.05, 3.63) is 24.3 Å². The molecular formula is C33H65N2O7P. The quantitative estimate of drug-likeness (QED) is 0.0305. The molecule has 0 rings (SSSR count). The molecule has 0 aromatic carbocycles. The molecule has 10 heteroatoms. The maximum absolute atomic E-state index is 12.7. The lowest BCUT2D eigenvalue weighted by molar-refractivity contribution is -0.124. The van der Waals surface area contributed by atoms with Gasteiger partial charge < -0.3 is 26.2 Å². The summed E-state index contributed by atoms with van der Waals surface area (Å²) in [5.74, 6) is -0.460. The number of aliphatic hydroxyl groups excluding tert-OH is 2. The minimum absolute atomic E-state index is 0.0452. The highest BCUT2D eigenvalue weighted by Gasteiger charge is 2.27. The van der Waals surface area contributed by atoms with Gasteiger partial charge in [0.25, 0.3) is 0 Å². The summed E-state index contributed by atoms with van der Waals surface area (Å²) in [6.45, 7) is 3.86. The molecule has 1 amide bonds. The summed E-state index contributed by atoms with van der Waals surface area (Å²) in [6, 6.07) is -0.992. The van der Waals surface area contributed by atoms with E-state index < -0.39 is 38.6 Å². The van der Waals surface area contributed by atoms with Crippen LogP contribution in [0.2, 0.25) is 0 Å². The van der Waals surface area contributed by atoms with Crippen molar-refractivity contribution in [2.75, 3.05) is 19.8 Å². The number of unbranched alkanes of at least 4 members (excludes halogenated alkanes) is 15. The lowest BCUT2D eigenvalue weighted by Crippen LogP contribution is -2.46. The standard InChI is InChI=1S/C33H65N2O7P/c1-3-5-7-9-11-13-14-15-17-18-20-22-24-30(36)28-33(38)35-31(29-42-43(39,40)41-27-26-34)32(37)25-23-21-19-16-12-10-8-6-4-2/h12,16,23,25,30-32,36-37H,3-11,13-15,17-22,24,26-29,34H2,1-2H3,(H,35,38)(H,39,40)/b16-12+,25-23+. The Hall–Kier alpha value is -1.06. The third-order valence-electron chi connectivity index (χ3n) is 7.33. The van der Waals surface area contributed by atoms with Gasteiger partial charge >= 0.3 is 7.82 Å². The van der Waals surface area contributed by atoms with Crippen molar-refractivity contribution in [3.8, 4) is 0 Å². The highest BCUT2D eigenvalue weighted by molar-refractivity contribution is 7.47.